The maximum Gasteiger partial charge on any atom is 0.269 e. The number of hydrogen-bond donors (Lipinski definition) is 3. The van der Waals surface area contributed by atoms with E-state index in [1.165, 1.54) is 12.1 Å². The Balaban J connectivity index is 2.58. The van der Waals surface area contributed by atoms with Crippen LogP contribution in [0.15, 0.2) is 29.3 Å². The smallest absolute Gasteiger partial charge is 0.269 e. The molecule has 0 aliphatic rings. The lowest BCUT2D eigenvalue weighted by Crippen LogP contribution is -2.41. The standard InChI is InChI=1S/C14H23N5O4S/c1-3-8-15-14(16-9-10-18-24(2,22)23)17-11-12-4-6-13(7-5-12)19(20)21/h4-7,18H,3,8-11H2,1-2H3,(H2,15,16,17). The fourth-order valence-corrected chi connectivity index (χ4v) is 2.20. The second-order valence-electron chi connectivity index (χ2n) is 5.11. The van der Waals surface area contributed by atoms with Crippen LogP contribution in [-0.2, 0) is 16.6 Å². The highest BCUT2D eigenvalue weighted by Gasteiger charge is 2.04. The van der Waals surface area contributed by atoms with Crippen molar-refractivity contribution in [3.8, 4) is 0 Å². The number of benzene rings is 1. The Hall–Kier alpha value is -2.20. The quantitative estimate of drug-likeness (QED) is 0.195. The van der Waals surface area contributed by atoms with Gasteiger partial charge in [0, 0.05) is 31.8 Å². The summed E-state index contributed by atoms with van der Waals surface area (Å²) in [5, 5.41) is 16.8. The van der Waals surface area contributed by atoms with Gasteiger partial charge in [-0.15, -0.1) is 0 Å². The Bertz CT molecular complexity index is 658. The van der Waals surface area contributed by atoms with E-state index in [0.29, 0.717) is 19.0 Å². The number of nitrogens with zero attached hydrogens (tertiary/aromatic N) is 2. The zero-order valence-electron chi connectivity index (χ0n) is 13.8. The molecule has 0 aliphatic carbocycles. The molecule has 0 aliphatic heterocycles. The van der Waals surface area contributed by atoms with E-state index in [1.807, 2.05) is 6.92 Å². The molecule has 1 aromatic carbocycles. The topological polar surface area (TPSA) is 126 Å². The molecule has 1 aromatic rings. The lowest BCUT2D eigenvalue weighted by Gasteiger charge is -2.12. The van der Waals surface area contributed by atoms with Crippen LogP contribution in [0.2, 0.25) is 0 Å². The van der Waals surface area contributed by atoms with Crippen LogP contribution >= 0.6 is 0 Å². The molecule has 0 saturated heterocycles. The zero-order chi connectivity index (χ0) is 18.0. The molecule has 0 radical (unpaired) electrons. The number of nitro benzene ring substituents is 1. The van der Waals surface area contributed by atoms with Crippen molar-refractivity contribution in [2.45, 2.75) is 19.9 Å². The van der Waals surface area contributed by atoms with Crippen LogP contribution in [0.5, 0.6) is 0 Å². The Labute approximate surface area is 141 Å². The summed E-state index contributed by atoms with van der Waals surface area (Å²) >= 11 is 0. The predicted octanol–water partition coefficient (Wildman–Crippen LogP) is 0.589. The van der Waals surface area contributed by atoms with Crippen molar-refractivity contribution in [3.63, 3.8) is 0 Å². The molecule has 0 bridgehead atoms. The summed E-state index contributed by atoms with van der Waals surface area (Å²) in [6.45, 7) is 3.75. The molecule has 0 aromatic heterocycles. The number of aliphatic imine (C=N–C) groups is 1. The Morgan fingerprint density at radius 1 is 1.17 bits per heavy atom. The van der Waals surface area contributed by atoms with Gasteiger partial charge in [-0.05, 0) is 12.0 Å². The van der Waals surface area contributed by atoms with Crippen molar-refractivity contribution < 1.29 is 13.3 Å². The molecule has 24 heavy (non-hydrogen) atoms. The summed E-state index contributed by atoms with van der Waals surface area (Å²) in [4.78, 5) is 14.6. The second-order valence-corrected chi connectivity index (χ2v) is 6.94. The van der Waals surface area contributed by atoms with E-state index in [2.05, 4.69) is 20.3 Å². The van der Waals surface area contributed by atoms with Gasteiger partial charge in [-0.1, -0.05) is 19.1 Å². The maximum absolute atomic E-state index is 11.0. The van der Waals surface area contributed by atoms with Gasteiger partial charge in [0.1, 0.15) is 0 Å². The minimum atomic E-state index is -3.21. The van der Waals surface area contributed by atoms with Gasteiger partial charge in [-0.3, -0.25) is 10.1 Å². The molecule has 134 valence electrons. The summed E-state index contributed by atoms with van der Waals surface area (Å²) in [6, 6.07) is 6.19. The largest absolute Gasteiger partial charge is 0.356 e. The third-order valence-corrected chi connectivity index (χ3v) is 3.62. The molecule has 10 heteroatoms. The minimum Gasteiger partial charge on any atom is -0.356 e. The number of sulfonamides is 1. The van der Waals surface area contributed by atoms with Gasteiger partial charge < -0.3 is 10.6 Å². The summed E-state index contributed by atoms with van der Waals surface area (Å²) in [5.74, 6) is 0.561. The van der Waals surface area contributed by atoms with Crippen molar-refractivity contribution in [1.82, 2.24) is 15.4 Å². The maximum atomic E-state index is 11.0. The summed E-state index contributed by atoms with van der Waals surface area (Å²) < 4.78 is 24.4. The third-order valence-electron chi connectivity index (χ3n) is 2.89. The molecule has 0 unspecified atom stereocenters. The molecule has 0 saturated carbocycles. The highest BCUT2D eigenvalue weighted by atomic mass is 32.2. The van der Waals surface area contributed by atoms with Crippen LogP contribution in [0, 0.1) is 10.1 Å². The molecule has 3 N–H and O–H groups in total. The van der Waals surface area contributed by atoms with Gasteiger partial charge >= 0.3 is 0 Å². The molecule has 1 rings (SSSR count). The molecule has 0 fully saturated rings. The molecular formula is C14H23N5O4S. The SMILES string of the molecule is CCCNC(=NCc1ccc([N+](=O)[O-])cc1)NCCNS(C)(=O)=O. The van der Waals surface area contributed by atoms with Crippen molar-refractivity contribution in [1.29, 1.82) is 0 Å². The van der Waals surface area contributed by atoms with Crippen molar-refractivity contribution in [2.24, 2.45) is 4.99 Å². The van der Waals surface area contributed by atoms with Crippen LogP contribution in [0.1, 0.15) is 18.9 Å². The Morgan fingerprint density at radius 3 is 2.33 bits per heavy atom. The zero-order valence-corrected chi connectivity index (χ0v) is 14.6. The van der Waals surface area contributed by atoms with E-state index in [-0.39, 0.29) is 12.2 Å². The predicted molar refractivity (Wildman–Crippen MR) is 93.4 cm³/mol. The molecule has 0 heterocycles. The van der Waals surface area contributed by atoms with E-state index < -0.39 is 14.9 Å². The van der Waals surface area contributed by atoms with Crippen LogP contribution < -0.4 is 15.4 Å². The lowest BCUT2D eigenvalue weighted by atomic mass is 10.2. The van der Waals surface area contributed by atoms with Crippen LogP contribution in [0.4, 0.5) is 5.69 Å². The number of hydrogen-bond acceptors (Lipinski definition) is 5. The van der Waals surface area contributed by atoms with Gasteiger partial charge in [0.15, 0.2) is 5.96 Å². The number of nitro groups is 1. The van der Waals surface area contributed by atoms with E-state index in [9.17, 15) is 18.5 Å². The second kappa shape index (κ2) is 9.83. The van der Waals surface area contributed by atoms with Gasteiger partial charge in [0.2, 0.25) is 10.0 Å². The number of guanidine groups is 1. The average Bonchev–Trinajstić information content (AvgIpc) is 2.52. The Morgan fingerprint density at radius 2 is 1.79 bits per heavy atom. The van der Waals surface area contributed by atoms with Gasteiger partial charge in [0.05, 0.1) is 17.7 Å². The fourth-order valence-electron chi connectivity index (χ4n) is 1.73. The Kier molecular flexibility index (Phi) is 8.13. The molecule has 9 nitrogen and oxygen atoms in total. The lowest BCUT2D eigenvalue weighted by molar-refractivity contribution is -0.384. The van der Waals surface area contributed by atoms with Crippen LogP contribution in [0.25, 0.3) is 0 Å². The minimum absolute atomic E-state index is 0.0389. The highest BCUT2D eigenvalue weighted by molar-refractivity contribution is 7.88. The van der Waals surface area contributed by atoms with E-state index in [0.717, 1.165) is 24.8 Å². The number of nitrogens with one attached hydrogen (secondary N) is 3. The number of rotatable bonds is 9. The van der Waals surface area contributed by atoms with Crippen molar-refractivity contribution in [2.75, 3.05) is 25.9 Å². The first-order valence-electron chi connectivity index (χ1n) is 7.52. The summed E-state index contributed by atoms with van der Waals surface area (Å²) in [6.07, 6.45) is 2.02. The van der Waals surface area contributed by atoms with E-state index in [1.54, 1.807) is 12.1 Å². The van der Waals surface area contributed by atoms with E-state index in [4.69, 9.17) is 0 Å². The van der Waals surface area contributed by atoms with Crippen molar-refractivity contribution in [3.05, 3.63) is 39.9 Å². The first-order chi connectivity index (χ1) is 11.3. The summed E-state index contributed by atoms with van der Waals surface area (Å²) in [5.41, 5.74) is 0.879. The van der Waals surface area contributed by atoms with E-state index >= 15 is 0 Å². The third kappa shape index (κ3) is 8.44. The van der Waals surface area contributed by atoms with Gasteiger partial charge in [-0.25, -0.2) is 18.1 Å². The van der Waals surface area contributed by atoms with Gasteiger partial charge in [-0.2, -0.15) is 0 Å². The molecular weight excluding hydrogens is 334 g/mol. The molecule has 0 spiro atoms. The first-order valence-corrected chi connectivity index (χ1v) is 9.41. The van der Waals surface area contributed by atoms with Crippen LogP contribution in [-0.4, -0.2) is 45.2 Å². The number of non-ortho nitro benzene ring substituents is 1. The monoisotopic (exact) mass is 357 g/mol. The first kappa shape index (κ1) is 19.8. The fraction of sp³-hybridized carbons (Fsp3) is 0.500. The molecule has 0 atom stereocenters. The van der Waals surface area contributed by atoms with Crippen molar-refractivity contribution >= 4 is 21.7 Å². The molecule has 0 amide bonds. The summed E-state index contributed by atoms with van der Waals surface area (Å²) in [7, 11) is -3.21. The average molecular weight is 357 g/mol. The normalized spacial score (nSPS) is 12.0. The van der Waals surface area contributed by atoms with Gasteiger partial charge in [0.25, 0.3) is 5.69 Å². The van der Waals surface area contributed by atoms with Crippen LogP contribution in [0.3, 0.4) is 0 Å². The highest BCUT2D eigenvalue weighted by Crippen LogP contribution is 2.12.